The second-order valence-electron chi connectivity index (χ2n) is 3.24. The molecule has 1 saturated heterocycles. The lowest BCUT2D eigenvalue weighted by molar-refractivity contribution is -0.139. The first-order valence-electron chi connectivity index (χ1n) is 3.54. The van der Waals surface area contributed by atoms with Crippen molar-refractivity contribution in [2.75, 3.05) is 0 Å². The summed E-state index contributed by atoms with van der Waals surface area (Å²) in [6.45, 7) is 7.82. The summed E-state index contributed by atoms with van der Waals surface area (Å²) < 4.78 is 5.44. The van der Waals surface area contributed by atoms with Crippen molar-refractivity contribution >= 4 is 0 Å². The SMILES string of the molecule is CCC(C)(C)OC1(C)OO1. The molecule has 3 heteroatoms. The Hall–Kier alpha value is -0.120. The van der Waals surface area contributed by atoms with E-state index in [9.17, 15) is 0 Å². The number of rotatable bonds is 3. The van der Waals surface area contributed by atoms with E-state index in [2.05, 4.69) is 16.7 Å². The van der Waals surface area contributed by atoms with Gasteiger partial charge in [-0.15, -0.1) is 0 Å². The van der Waals surface area contributed by atoms with Gasteiger partial charge in [0.05, 0.1) is 5.60 Å². The molecule has 1 rings (SSSR count). The van der Waals surface area contributed by atoms with Crippen LogP contribution >= 0.6 is 0 Å². The van der Waals surface area contributed by atoms with E-state index in [1.54, 1.807) is 6.92 Å². The van der Waals surface area contributed by atoms with Crippen molar-refractivity contribution in [2.45, 2.75) is 45.7 Å². The van der Waals surface area contributed by atoms with Gasteiger partial charge < -0.3 is 4.74 Å². The minimum Gasteiger partial charge on any atom is -0.318 e. The smallest absolute Gasteiger partial charge is 0.318 e. The third-order valence-electron chi connectivity index (χ3n) is 1.63. The van der Waals surface area contributed by atoms with E-state index < -0.39 is 5.97 Å². The van der Waals surface area contributed by atoms with Gasteiger partial charge in [-0.25, -0.2) is 0 Å². The highest BCUT2D eigenvalue weighted by atomic mass is 17.4. The lowest BCUT2D eigenvalue weighted by Gasteiger charge is -2.23. The van der Waals surface area contributed by atoms with Crippen LogP contribution in [0.15, 0.2) is 0 Å². The van der Waals surface area contributed by atoms with Crippen LogP contribution in [0.2, 0.25) is 0 Å². The summed E-state index contributed by atoms with van der Waals surface area (Å²) in [5.74, 6) is -0.764. The first kappa shape index (κ1) is 7.98. The molecule has 0 amide bonds. The van der Waals surface area contributed by atoms with Gasteiger partial charge in [-0.1, -0.05) is 6.92 Å². The van der Waals surface area contributed by atoms with Gasteiger partial charge in [0.2, 0.25) is 0 Å². The molecule has 0 spiro atoms. The van der Waals surface area contributed by atoms with Gasteiger partial charge >= 0.3 is 5.97 Å². The number of hydrogen-bond donors (Lipinski definition) is 0. The molecule has 60 valence electrons. The molecule has 0 aromatic heterocycles. The van der Waals surface area contributed by atoms with Gasteiger partial charge in [0, 0.05) is 6.92 Å². The maximum absolute atomic E-state index is 5.44. The fourth-order valence-corrected chi connectivity index (χ4v) is 0.667. The molecule has 1 aliphatic heterocycles. The average Bonchev–Trinajstić information content (AvgIpc) is 2.47. The van der Waals surface area contributed by atoms with Gasteiger partial charge in [-0.3, -0.25) is 0 Å². The van der Waals surface area contributed by atoms with Gasteiger partial charge in [0.1, 0.15) is 0 Å². The van der Waals surface area contributed by atoms with Crippen LogP contribution in [0.3, 0.4) is 0 Å². The Morgan fingerprint density at radius 1 is 1.40 bits per heavy atom. The van der Waals surface area contributed by atoms with Crippen LogP contribution in [0.4, 0.5) is 0 Å². The molecule has 0 saturated carbocycles. The Labute approximate surface area is 61.2 Å². The summed E-state index contributed by atoms with van der Waals surface area (Å²) in [6, 6.07) is 0. The van der Waals surface area contributed by atoms with Crippen molar-refractivity contribution in [3.8, 4) is 0 Å². The zero-order valence-corrected chi connectivity index (χ0v) is 6.93. The molecule has 0 bridgehead atoms. The van der Waals surface area contributed by atoms with Gasteiger partial charge in [-0.05, 0) is 20.3 Å². The molecule has 1 aliphatic rings. The standard InChI is InChI=1S/C7H14O3/c1-5-6(2,3)8-7(4)9-10-7/h5H2,1-4H3. The third-order valence-corrected chi connectivity index (χ3v) is 1.63. The van der Waals surface area contributed by atoms with Crippen molar-refractivity contribution < 1.29 is 14.5 Å². The zero-order chi connectivity index (χ0) is 7.83. The Morgan fingerprint density at radius 2 is 1.90 bits per heavy atom. The second kappa shape index (κ2) is 2.19. The number of hydrogen-bond acceptors (Lipinski definition) is 3. The van der Waals surface area contributed by atoms with E-state index in [4.69, 9.17) is 4.74 Å². The average molecular weight is 146 g/mol. The molecule has 1 fully saturated rings. The van der Waals surface area contributed by atoms with E-state index in [1.807, 2.05) is 13.8 Å². The Bertz CT molecular complexity index is 127. The lowest BCUT2D eigenvalue weighted by Crippen LogP contribution is -2.29. The fraction of sp³-hybridized carbons (Fsp3) is 1.00. The van der Waals surface area contributed by atoms with Crippen LogP contribution in [0, 0.1) is 0 Å². The van der Waals surface area contributed by atoms with Crippen LogP contribution < -0.4 is 0 Å². The molecule has 0 aromatic rings. The van der Waals surface area contributed by atoms with Crippen molar-refractivity contribution in [3.63, 3.8) is 0 Å². The third kappa shape index (κ3) is 1.94. The lowest BCUT2D eigenvalue weighted by atomic mass is 10.1. The molecule has 0 aliphatic carbocycles. The summed E-state index contributed by atoms with van der Waals surface area (Å²) in [6.07, 6.45) is 0.940. The number of ether oxygens (including phenoxy) is 1. The summed E-state index contributed by atoms with van der Waals surface area (Å²) in [4.78, 5) is 9.22. The summed E-state index contributed by atoms with van der Waals surface area (Å²) >= 11 is 0. The Kier molecular flexibility index (Phi) is 1.75. The maximum Gasteiger partial charge on any atom is 0.337 e. The van der Waals surface area contributed by atoms with Gasteiger partial charge in [0.15, 0.2) is 0 Å². The Balaban J connectivity index is 2.36. The predicted octanol–water partition coefficient (Wildman–Crippen LogP) is 1.83. The van der Waals surface area contributed by atoms with E-state index in [0.717, 1.165) is 6.42 Å². The van der Waals surface area contributed by atoms with Gasteiger partial charge in [-0.2, -0.15) is 9.78 Å². The van der Waals surface area contributed by atoms with Gasteiger partial charge in [0.25, 0.3) is 0 Å². The molecule has 0 radical (unpaired) electrons. The van der Waals surface area contributed by atoms with E-state index >= 15 is 0 Å². The molecule has 0 unspecified atom stereocenters. The summed E-state index contributed by atoms with van der Waals surface area (Å²) in [7, 11) is 0. The largest absolute Gasteiger partial charge is 0.337 e. The molecule has 0 aromatic carbocycles. The highest BCUT2D eigenvalue weighted by molar-refractivity contribution is 4.69. The molecule has 3 nitrogen and oxygen atoms in total. The van der Waals surface area contributed by atoms with E-state index in [1.165, 1.54) is 0 Å². The van der Waals surface area contributed by atoms with Crippen molar-refractivity contribution in [1.82, 2.24) is 0 Å². The molecule has 10 heavy (non-hydrogen) atoms. The molecule has 1 heterocycles. The van der Waals surface area contributed by atoms with Crippen molar-refractivity contribution in [3.05, 3.63) is 0 Å². The summed E-state index contributed by atoms with van der Waals surface area (Å²) in [5.41, 5.74) is -0.161. The zero-order valence-electron chi connectivity index (χ0n) is 6.93. The minimum absolute atomic E-state index is 0.161. The molecular weight excluding hydrogens is 132 g/mol. The predicted molar refractivity (Wildman–Crippen MR) is 36.0 cm³/mol. The van der Waals surface area contributed by atoms with E-state index in [0.29, 0.717) is 0 Å². The first-order valence-corrected chi connectivity index (χ1v) is 3.54. The van der Waals surface area contributed by atoms with Crippen LogP contribution in [0.1, 0.15) is 34.1 Å². The van der Waals surface area contributed by atoms with Crippen molar-refractivity contribution in [1.29, 1.82) is 0 Å². The minimum atomic E-state index is -0.764. The first-order chi connectivity index (χ1) is 4.47. The van der Waals surface area contributed by atoms with Crippen LogP contribution in [-0.2, 0) is 14.5 Å². The highest BCUT2D eigenvalue weighted by Crippen LogP contribution is 2.35. The highest BCUT2D eigenvalue weighted by Gasteiger charge is 2.48. The van der Waals surface area contributed by atoms with Crippen LogP contribution in [0.25, 0.3) is 0 Å². The fourth-order valence-electron chi connectivity index (χ4n) is 0.667. The Morgan fingerprint density at radius 3 is 2.20 bits per heavy atom. The van der Waals surface area contributed by atoms with Crippen molar-refractivity contribution in [2.24, 2.45) is 0 Å². The van der Waals surface area contributed by atoms with E-state index in [-0.39, 0.29) is 5.60 Å². The normalized spacial score (nSPS) is 22.8. The topological polar surface area (TPSA) is 34.3 Å². The quantitative estimate of drug-likeness (QED) is 0.450. The molecular formula is C7H14O3. The second-order valence-corrected chi connectivity index (χ2v) is 3.24. The van der Waals surface area contributed by atoms with Crippen LogP contribution in [0.5, 0.6) is 0 Å². The summed E-state index contributed by atoms with van der Waals surface area (Å²) in [5, 5.41) is 0. The monoisotopic (exact) mass is 146 g/mol. The molecule has 0 atom stereocenters. The molecule has 0 N–H and O–H groups in total. The maximum atomic E-state index is 5.44. The van der Waals surface area contributed by atoms with Crippen LogP contribution in [-0.4, -0.2) is 11.6 Å².